The van der Waals surface area contributed by atoms with Gasteiger partial charge in [-0.2, -0.15) is 13.5 Å². The molecule has 24 heavy (non-hydrogen) atoms. The maximum absolute atomic E-state index is 11.9. The molecule has 0 atom stereocenters. The van der Waals surface area contributed by atoms with E-state index in [1.165, 1.54) is 12.1 Å². The first-order valence-corrected chi connectivity index (χ1v) is 8.50. The van der Waals surface area contributed by atoms with Gasteiger partial charge in [-0.15, -0.1) is 0 Å². The summed E-state index contributed by atoms with van der Waals surface area (Å²) < 4.78 is 38.4. The van der Waals surface area contributed by atoms with Crippen molar-refractivity contribution in [1.29, 1.82) is 0 Å². The fourth-order valence-corrected chi connectivity index (χ4v) is 2.92. The first kappa shape index (κ1) is 16.2. The Labute approximate surface area is 138 Å². The van der Waals surface area contributed by atoms with Gasteiger partial charge in [0.1, 0.15) is 16.4 Å². The van der Waals surface area contributed by atoms with Gasteiger partial charge < -0.3 is 4.74 Å². The lowest BCUT2D eigenvalue weighted by Crippen LogP contribution is -2.20. The molecular formula is C16H14N2O5S. The van der Waals surface area contributed by atoms with Crippen LogP contribution in [0, 0.1) is 0 Å². The highest BCUT2D eigenvalue weighted by atomic mass is 32.2. The largest absolute Gasteiger partial charge is 0.456 e. The minimum Gasteiger partial charge on any atom is -0.456 e. The van der Waals surface area contributed by atoms with Crippen molar-refractivity contribution in [1.82, 2.24) is 0 Å². The number of amides is 1. The fraction of sp³-hybridized carbons (Fsp3) is 0.125. The van der Waals surface area contributed by atoms with E-state index < -0.39 is 15.0 Å². The molecule has 1 aliphatic heterocycles. The molecule has 2 aromatic rings. The van der Waals surface area contributed by atoms with Gasteiger partial charge in [-0.1, -0.05) is 18.2 Å². The second kappa shape index (κ2) is 6.06. The number of hydrogen-bond donors (Lipinski definition) is 1. The Balaban J connectivity index is 2.04. The predicted octanol–water partition coefficient (Wildman–Crippen LogP) is 2.84. The molecule has 1 amide bonds. The Hall–Kier alpha value is -2.71. The summed E-state index contributed by atoms with van der Waals surface area (Å²) in [4.78, 5) is 11.5. The lowest BCUT2D eigenvalue weighted by molar-refractivity contribution is -0.116. The maximum atomic E-state index is 11.9. The molecule has 0 radical (unpaired) electrons. The summed E-state index contributed by atoms with van der Waals surface area (Å²) in [5.41, 5.74) is 0.864. The number of hydrazone groups is 1. The van der Waals surface area contributed by atoms with E-state index in [0.717, 1.165) is 11.1 Å². The van der Waals surface area contributed by atoms with E-state index in [1.807, 2.05) is 0 Å². The summed E-state index contributed by atoms with van der Waals surface area (Å²) in [6.45, 7) is 1.70. The molecular weight excluding hydrogens is 332 g/mol. The summed E-state index contributed by atoms with van der Waals surface area (Å²) in [5.74, 6) is 0.103. The van der Waals surface area contributed by atoms with Crippen molar-refractivity contribution in [3.8, 4) is 11.5 Å². The quantitative estimate of drug-likeness (QED) is 0.859. The molecule has 0 saturated heterocycles. The number of anilines is 1. The number of hydrogen-bond acceptors (Lipinski definition) is 5. The zero-order chi connectivity index (χ0) is 17.3. The third-order valence-electron chi connectivity index (χ3n) is 3.33. The molecule has 0 aromatic heterocycles. The Morgan fingerprint density at radius 1 is 1.17 bits per heavy atom. The molecule has 1 N–H and O–H groups in total. The average Bonchev–Trinajstić information content (AvgIpc) is 2.86. The van der Waals surface area contributed by atoms with Crippen molar-refractivity contribution in [2.75, 3.05) is 5.01 Å². The van der Waals surface area contributed by atoms with Crippen LogP contribution in [-0.4, -0.2) is 24.6 Å². The van der Waals surface area contributed by atoms with Crippen LogP contribution in [0.15, 0.2) is 58.5 Å². The molecule has 0 aliphatic carbocycles. The van der Waals surface area contributed by atoms with Gasteiger partial charge in [-0.05, 0) is 37.3 Å². The van der Waals surface area contributed by atoms with Crippen LogP contribution in [-0.2, 0) is 14.9 Å². The molecule has 8 heteroatoms. The third kappa shape index (κ3) is 3.29. The van der Waals surface area contributed by atoms with Gasteiger partial charge >= 0.3 is 0 Å². The van der Waals surface area contributed by atoms with E-state index >= 15 is 0 Å². The molecule has 1 heterocycles. The standard InChI is InChI=1S/C16H14N2O5S/c1-11-9-16(19)18(17-11)12-7-8-14(15(10-12)24(20,21)22)23-13-5-3-2-4-6-13/h2-8,10H,9H2,1H3,(H,20,21,22). The number of nitrogens with zero attached hydrogens (tertiary/aromatic N) is 2. The van der Waals surface area contributed by atoms with Crippen molar-refractivity contribution in [2.45, 2.75) is 18.2 Å². The van der Waals surface area contributed by atoms with Crippen LogP contribution >= 0.6 is 0 Å². The van der Waals surface area contributed by atoms with Crippen LogP contribution in [0.5, 0.6) is 11.5 Å². The number of rotatable bonds is 4. The highest BCUT2D eigenvalue weighted by molar-refractivity contribution is 7.86. The predicted molar refractivity (Wildman–Crippen MR) is 88.0 cm³/mol. The molecule has 7 nitrogen and oxygen atoms in total. The van der Waals surface area contributed by atoms with Gasteiger partial charge in [0.05, 0.1) is 12.1 Å². The Morgan fingerprint density at radius 3 is 2.46 bits per heavy atom. The van der Waals surface area contributed by atoms with Gasteiger partial charge in [0.25, 0.3) is 16.0 Å². The van der Waals surface area contributed by atoms with Crippen LogP contribution in [0.4, 0.5) is 5.69 Å². The van der Waals surface area contributed by atoms with E-state index in [-0.39, 0.29) is 23.8 Å². The molecule has 0 bridgehead atoms. The summed E-state index contributed by atoms with van der Waals surface area (Å²) in [7, 11) is -4.55. The van der Waals surface area contributed by atoms with Gasteiger partial charge in [0, 0.05) is 5.71 Å². The van der Waals surface area contributed by atoms with Crippen LogP contribution in [0.1, 0.15) is 13.3 Å². The van der Waals surface area contributed by atoms with Gasteiger partial charge in [0.15, 0.2) is 0 Å². The van der Waals surface area contributed by atoms with Crippen LogP contribution in [0.3, 0.4) is 0 Å². The fourth-order valence-electron chi connectivity index (χ4n) is 2.29. The zero-order valence-electron chi connectivity index (χ0n) is 12.7. The molecule has 124 valence electrons. The highest BCUT2D eigenvalue weighted by Crippen LogP contribution is 2.33. The normalized spacial score (nSPS) is 14.7. The van der Waals surface area contributed by atoms with Gasteiger partial charge in [0.2, 0.25) is 0 Å². The van der Waals surface area contributed by atoms with Gasteiger partial charge in [-0.3, -0.25) is 9.35 Å². The number of carbonyl (C=O) groups is 1. The summed E-state index contributed by atoms with van der Waals surface area (Å²) in [5, 5.41) is 5.17. The van der Waals surface area contributed by atoms with Crippen molar-refractivity contribution in [2.24, 2.45) is 5.10 Å². The van der Waals surface area contributed by atoms with Crippen molar-refractivity contribution in [3.05, 3.63) is 48.5 Å². The van der Waals surface area contributed by atoms with Crippen LogP contribution in [0.25, 0.3) is 0 Å². The van der Waals surface area contributed by atoms with E-state index in [4.69, 9.17) is 4.74 Å². The van der Waals surface area contributed by atoms with Crippen molar-refractivity contribution < 1.29 is 22.5 Å². The minimum atomic E-state index is -4.55. The summed E-state index contributed by atoms with van der Waals surface area (Å²) in [6, 6.07) is 12.6. The summed E-state index contributed by atoms with van der Waals surface area (Å²) in [6.07, 6.45) is 0.170. The molecule has 0 saturated carbocycles. The number of carbonyl (C=O) groups excluding carboxylic acids is 1. The highest BCUT2D eigenvalue weighted by Gasteiger charge is 2.26. The first-order chi connectivity index (χ1) is 11.3. The lowest BCUT2D eigenvalue weighted by atomic mass is 10.2. The third-order valence-corrected chi connectivity index (χ3v) is 4.21. The molecule has 3 rings (SSSR count). The second-order valence-corrected chi connectivity index (χ2v) is 6.63. The average molecular weight is 346 g/mol. The molecule has 0 unspecified atom stereocenters. The van der Waals surface area contributed by atoms with Crippen LogP contribution < -0.4 is 9.75 Å². The smallest absolute Gasteiger partial charge is 0.298 e. The summed E-state index contributed by atoms with van der Waals surface area (Å²) >= 11 is 0. The second-order valence-electron chi connectivity index (χ2n) is 5.24. The Morgan fingerprint density at radius 2 is 1.88 bits per heavy atom. The Kier molecular flexibility index (Phi) is 4.08. The SMILES string of the molecule is CC1=NN(c2ccc(Oc3ccccc3)c(S(=O)(=O)O)c2)C(=O)C1. The van der Waals surface area contributed by atoms with Crippen molar-refractivity contribution in [3.63, 3.8) is 0 Å². The van der Waals surface area contributed by atoms with E-state index in [9.17, 15) is 17.8 Å². The monoisotopic (exact) mass is 346 g/mol. The molecule has 2 aromatic carbocycles. The minimum absolute atomic E-state index is 0.0419. The number of benzene rings is 2. The first-order valence-electron chi connectivity index (χ1n) is 7.06. The molecule has 1 aliphatic rings. The number of ether oxygens (including phenoxy) is 1. The Bertz CT molecular complexity index is 923. The van der Waals surface area contributed by atoms with Crippen LogP contribution in [0.2, 0.25) is 0 Å². The number of para-hydroxylation sites is 1. The van der Waals surface area contributed by atoms with E-state index in [0.29, 0.717) is 11.5 Å². The molecule has 0 fully saturated rings. The van der Waals surface area contributed by atoms with Crippen molar-refractivity contribution >= 4 is 27.4 Å². The zero-order valence-corrected chi connectivity index (χ0v) is 13.5. The lowest BCUT2D eigenvalue weighted by Gasteiger charge is -2.15. The topological polar surface area (TPSA) is 96.3 Å². The maximum Gasteiger partial charge on any atom is 0.298 e. The molecule has 0 spiro atoms. The van der Waals surface area contributed by atoms with E-state index in [2.05, 4.69) is 5.10 Å². The van der Waals surface area contributed by atoms with E-state index in [1.54, 1.807) is 37.3 Å². The van der Waals surface area contributed by atoms with Gasteiger partial charge in [-0.25, -0.2) is 5.01 Å².